The fraction of sp³-hybridized carbons (Fsp3) is 0.474. The molecule has 0 spiro atoms. The van der Waals surface area contributed by atoms with Crippen molar-refractivity contribution in [2.45, 2.75) is 51.8 Å². The van der Waals surface area contributed by atoms with E-state index in [2.05, 4.69) is 24.1 Å². The van der Waals surface area contributed by atoms with Crippen LogP contribution in [-0.4, -0.2) is 33.7 Å². The molecule has 2 atom stereocenters. The SMILES string of the molecule is COc1ccc(C(O)C(C)NC(=O)CCn2ccnc2C(C)C)cc1. The van der Waals surface area contributed by atoms with Gasteiger partial charge in [0, 0.05) is 31.3 Å². The van der Waals surface area contributed by atoms with Gasteiger partial charge in [-0.1, -0.05) is 26.0 Å². The van der Waals surface area contributed by atoms with E-state index >= 15 is 0 Å². The smallest absolute Gasteiger partial charge is 0.222 e. The maximum Gasteiger partial charge on any atom is 0.222 e. The predicted molar refractivity (Wildman–Crippen MR) is 96.5 cm³/mol. The summed E-state index contributed by atoms with van der Waals surface area (Å²) in [6.07, 6.45) is 3.21. The number of nitrogens with one attached hydrogen (secondary N) is 1. The zero-order valence-corrected chi connectivity index (χ0v) is 15.3. The van der Waals surface area contributed by atoms with Gasteiger partial charge in [-0.2, -0.15) is 0 Å². The Hall–Kier alpha value is -2.34. The Kier molecular flexibility index (Phi) is 6.58. The van der Waals surface area contributed by atoms with E-state index in [-0.39, 0.29) is 11.9 Å². The first-order valence-electron chi connectivity index (χ1n) is 8.54. The Morgan fingerprint density at radius 3 is 2.56 bits per heavy atom. The zero-order valence-electron chi connectivity index (χ0n) is 15.3. The van der Waals surface area contributed by atoms with Crippen molar-refractivity contribution in [3.63, 3.8) is 0 Å². The summed E-state index contributed by atoms with van der Waals surface area (Å²) in [6.45, 7) is 6.52. The maximum atomic E-state index is 12.2. The number of carbonyl (C=O) groups is 1. The second-order valence-corrected chi connectivity index (χ2v) is 6.46. The summed E-state index contributed by atoms with van der Waals surface area (Å²) in [7, 11) is 1.60. The maximum absolute atomic E-state index is 12.2. The van der Waals surface area contributed by atoms with Gasteiger partial charge in [0.05, 0.1) is 19.3 Å². The number of imidazole rings is 1. The number of amides is 1. The molecule has 136 valence electrons. The number of methoxy groups -OCH3 is 1. The number of aromatic nitrogens is 2. The summed E-state index contributed by atoms with van der Waals surface area (Å²) in [5.74, 6) is 1.92. The summed E-state index contributed by atoms with van der Waals surface area (Å²) < 4.78 is 7.10. The highest BCUT2D eigenvalue weighted by Gasteiger charge is 2.18. The van der Waals surface area contributed by atoms with E-state index in [1.165, 1.54) is 0 Å². The van der Waals surface area contributed by atoms with Crippen LogP contribution in [0.4, 0.5) is 0 Å². The summed E-state index contributed by atoms with van der Waals surface area (Å²) >= 11 is 0. The van der Waals surface area contributed by atoms with Crippen LogP contribution in [0.25, 0.3) is 0 Å². The number of benzene rings is 1. The molecule has 0 aliphatic heterocycles. The van der Waals surface area contributed by atoms with Crippen LogP contribution < -0.4 is 10.1 Å². The first-order chi connectivity index (χ1) is 11.9. The third-order valence-electron chi connectivity index (χ3n) is 4.16. The van der Waals surface area contributed by atoms with Crippen molar-refractivity contribution in [3.8, 4) is 5.75 Å². The van der Waals surface area contributed by atoms with Crippen LogP contribution >= 0.6 is 0 Å². The highest BCUT2D eigenvalue weighted by molar-refractivity contribution is 5.76. The molecule has 0 saturated heterocycles. The number of hydrogen-bond donors (Lipinski definition) is 2. The minimum absolute atomic E-state index is 0.0940. The molecule has 6 heteroatoms. The minimum Gasteiger partial charge on any atom is -0.497 e. The first kappa shape index (κ1) is 19.0. The molecular weight excluding hydrogens is 318 g/mol. The molecule has 6 nitrogen and oxygen atoms in total. The molecule has 1 aromatic carbocycles. The van der Waals surface area contributed by atoms with E-state index < -0.39 is 6.10 Å². The lowest BCUT2D eigenvalue weighted by Gasteiger charge is -2.21. The van der Waals surface area contributed by atoms with Crippen molar-refractivity contribution in [1.82, 2.24) is 14.9 Å². The van der Waals surface area contributed by atoms with E-state index in [1.807, 2.05) is 10.8 Å². The number of hydrogen-bond acceptors (Lipinski definition) is 4. The molecule has 1 aromatic heterocycles. The Morgan fingerprint density at radius 1 is 1.28 bits per heavy atom. The first-order valence-corrected chi connectivity index (χ1v) is 8.54. The third-order valence-corrected chi connectivity index (χ3v) is 4.16. The Labute approximate surface area is 148 Å². The minimum atomic E-state index is -0.769. The fourth-order valence-electron chi connectivity index (χ4n) is 2.73. The highest BCUT2D eigenvalue weighted by Crippen LogP contribution is 2.20. The van der Waals surface area contributed by atoms with Crippen LogP contribution in [0, 0.1) is 0 Å². The molecular formula is C19H27N3O3. The van der Waals surface area contributed by atoms with Gasteiger partial charge in [-0.05, 0) is 24.6 Å². The van der Waals surface area contributed by atoms with Crippen LogP contribution in [-0.2, 0) is 11.3 Å². The number of aliphatic hydroxyl groups excluding tert-OH is 1. The van der Waals surface area contributed by atoms with Gasteiger partial charge in [0.25, 0.3) is 0 Å². The van der Waals surface area contributed by atoms with Gasteiger partial charge in [-0.3, -0.25) is 4.79 Å². The van der Waals surface area contributed by atoms with Crippen LogP contribution in [0.15, 0.2) is 36.7 Å². The monoisotopic (exact) mass is 345 g/mol. The highest BCUT2D eigenvalue weighted by atomic mass is 16.5. The van der Waals surface area contributed by atoms with Gasteiger partial charge < -0.3 is 19.7 Å². The lowest BCUT2D eigenvalue weighted by molar-refractivity contribution is -0.122. The Bertz CT molecular complexity index is 679. The fourth-order valence-corrected chi connectivity index (χ4v) is 2.73. The molecule has 0 fully saturated rings. The van der Waals surface area contributed by atoms with Gasteiger partial charge >= 0.3 is 0 Å². The van der Waals surface area contributed by atoms with Gasteiger partial charge in [0.2, 0.25) is 5.91 Å². The van der Waals surface area contributed by atoms with Gasteiger partial charge in [0.1, 0.15) is 11.6 Å². The molecule has 2 N–H and O–H groups in total. The number of ether oxygens (including phenoxy) is 1. The van der Waals surface area contributed by atoms with Crippen molar-refractivity contribution in [2.75, 3.05) is 7.11 Å². The van der Waals surface area contributed by atoms with Crippen molar-refractivity contribution < 1.29 is 14.6 Å². The van der Waals surface area contributed by atoms with E-state index in [4.69, 9.17) is 4.74 Å². The standard InChI is InChI=1S/C19H27N3O3/c1-13(2)19-20-10-12-22(19)11-9-17(23)21-14(3)18(24)15-5-7-16(25-4)8-6-15/h5-8,10,12-14,18,24H,9,11H2,1-4H3,(H,21,23). The average Bonchev–Trinajstić information content (AvgIpc) is 3.08. The molecule has 0 saturated carbocycles. The quantitative estimate of drug-likeness (QED) is 0.771. The molecule has 2 rings (SSSR count). The molecule has 2 unspecified atom stereocenters. The van der Waals surface area contributed by atoms with E-state index in [0.29, 0.717) is 18.9 Å². The molecule has 0 radical (unpaired) electrons. The molecule has 1 amide bonds. The van der Waals surface area contributed by atoms with E-state index in [9.17, 15) is 9.90 Å². The largest absolute Gasteiger partial charge is 0.497 e. The molecule has 25 heavy (non-hydrogen) atoms. The number of rotatable bonds is 8. The lowest BCUT2D eigenvalue weighted by Crippen LogP contribution is -2.37. The van der Waals surface area contributed by atoms with E-state index in [0.717, 1.165) is 17.1 Å². The van der Waals surface area contributed by atoms with Gasteiger partial charge in [-0.25, -0.2) is 4.98 Å². The second kappa shape index (κ2) is 8.67. The van der Waals surface area contributed by atoms with Crippen molar-refractivity contribution in [1.29, 1.82) is 0 Å². The van der Waals surface area contributed by atoms with Crippen LogP contribution in [0.2, 0.25) is 0 Å². The molecule has 1 heterocycles. The zero-order chi connectivity index (χ0) is 18.4. The number of nitrogens with zero attached hydrogens (tertiary/aromatic N) is 2. The Morgan fingerprint density at radius 2 is 1.96 bits per heavy atom. The lowest BCUT2D eigenvalue weighted by atomic mass is 10.0. The topological polar surface area (TPSA) is 76.4 Å². The van der Waals surface area contributed by atoms with Crippen molar-refractivity contribution in [2.24, 2.45) is 0 Å². The predicted octanol–water partition coefficient (Wildman–Crippen LogP) is 2.64. The second-order valence-electron chi connectivity index (χ2n) is 6.46. The average molecular weight is 345 g/mol. The number of aryl methyl sites for hydroxylation is 1. The summed E-state index contributed by atoms with van der Waals surface area (Å²) in [4.78, 5) is 16.5. The van der Waals surface area contributed by atoms with Crippen LogP contribution in [0.1, 0.15) is 50.6 Å². The number of carbonyl (C=O) groups excluding carboxylic acids is 1. The van der Waals surface area contributed by atoms with Crippen molar-refractivity contribution in [3.05, 3.63) is 48.0 Å². The summed E-state index contributed by atoms with van der Waals surface area (Å²) in [6, 6.07) is 6.80. The summed E-state index contributed by atoms with van der Waals surface area (Å²) in [5.41, 5.74) is 0.741. The normalized spacial score (nSPS) is 13.5. The van der Waals surface area contributed by atoms with Gasteiger partial charge in [0.15, 0.2) is 0 Å². The number of aliphatic hydroxyl groups is 1. The third kappa shape index (κ3) is 5.06. The van der Waals surface area contributed by atoms with Crippen LogP contribution in [0.5, 0.6) is 5.75 Å². The Balaban J connectivity index is 1.87. The summed E-state index contributed by atoms with van der Waals surface area (Å²) in [5, 5.41) is 13.3. The van der Waals surface area contributed by atoms with Crippen molar-refractivity contribution >= 4 is 5.91 Å². The van der Waals surface area contributed by atoms with E-state index in [1.54, 1.807) is 44.5 Å². The van der Waals surface area contributed by atoms with Gasteiger partial charge in [-0.15, -0.1) is 0 Å². The molecule has 0 bridgehead atoms. The molecule has 0 aliphatic carbocycles. The molecule has 2 aromatic rings. The van der Waals surface area contributed by atoms with Crippen LogP contribution in [0.3, 0.4) is 0 Å². The molecule has 0 aliphatic rings.